The summed E-state index contributed by atoms with van der Waals surface area (Å²) in [7, 11) is 0. The van der Waals surface area contributed by atoms with Crippen molar-refractivity contribution < 1.29 is 0 Å². The monoisotopic (exact) mass is 262 g/mol. The Morgan fingerprint density at radius 2 is 1.74 bits per heavy atom. The van der Waals surface area contributed by atoms with E-state index < -0.39 is 0 Å². The van der Waals surface area contributed by atoms with Crippen LogP contribution in [0.25, 0.3) is 0 Å². The van der Waals surface area contributed by atoms with Gasteiger partial charge in [0.25, 0.3) is 0 Å². The summed E-state index contributed by atoms with van der Waals surface area (Å²) >= 11 is 0. The maximum absolute atomic E-state index is 3.63. The van der Waals surface area contributed by atoms with Crippen molar-refractivity contribution in [2.75, 3.05) is 24.5 Å². The average Bonchev–Trinajstić information content (AvgIpc) is 2.38. The first kappa shape index (κ1) is 16.0. The molecule has 0 aliphatic rings. The lowest BCUT2D eigenvalue weighted by Gasteiger charge is -2.34. The Balaban J connectivity index is 2.61. The molecule has 0 amide bonds. The zero-order valence-electron chi connectivity index (χ0n) is 13.2. The molecule has 1 unspecified atom stereocenters. The van der Waals surface area contributed by atoms with E-state index in [0.717, 1.165) is 19.6 Å². The maximum atomic E-state index is 3.63. The predicted octanol–water partition coefficient (Wildman–Crippen LogP) is 3.93. The lowest BCUT2D eigenvalue weighted by molar-refractivity contribution is 0.260. The molecule has 0 spiro atoms. The molecule has 0 bridgehead atoms. The molecule has 1 rings (SSSR count). The van der Waals surface area contributed by atoms with Gasteiger partial charge in [-0.05, 0) is 37.4 Å². The van der Waals surface area contributed by atoms with Gasteiger partial charge in [0, 0.05) is 24.8 Å². The van der Waals surface area contributed by atoms with Crippen LogP contribution in [0.5, 0.6) is 0 Å². The highest BCUT2D eigenvalue weighted by Crippen LogP contribution is 2.23. The van der Waals surface area contributed by atoms with E-state index in [4.69, 9.17) is 0 Å². The summed E-state index contributed by atoms with van der Waals surface area (Å²) in [6.45, 7) is 14.6. The van der Waals surface area contributed by atoms with E-state index in [9.17, 15) is 0 Å². The lowest BCUT2D eigenvalue weighted by Crippen LogP contribution is -2.42. The summed E-state index contributed by atoms with van der Waals surface area (Å²) in [5.41, 5.74) is 1.64. The molecule has 19 heavy (non-hydrogen) atoms. The molecule has 0 radical (unpaired) electrons. The summed E-state index contributed by atoms with van der Waals surface area (Å²) < 4.78 is 0. The van der Waals surface area contributed by atoms with Crippen LogP contribution in [0, 0.1) is 5.41 Å². The predicted molar refractivity (Wildman–Crippen MR) is 85.9 cm³/mol. The average molecular weight is 262 g/mol. The van der Waals surface area contributed by atoms with Crippen LogP contribution in [0.1, 0.15) is 41.0 Å². The van der Waals surface area contributed by atoms with E-state index >= 15 is 0 Å². The fourth-order valence-corrected chi connectivity index (χ4v) is 2.48. The highest BCUT2D eigenvalue weighted by atomic mass is 15.1. The highest BCUT2D eigenvalue weighted by molar-refractivity contribution is 5.45. The Bertz CT molecular complexity index is 340. The Morgan fingerprint density at radius 1 is 1.11 bits per heavy atom. The largest absolute Gasteiger partial charge is 0.372 e. The second-order valence-corrected chi connectivity index (χ2v) is 6.18. The van der Waals surface area contributed by atoms with Crippen LogP contribution in [0.2, 0.25) is 0 Å². The molecule has 0 aliphatic carbocycles. The number of rotatable bonds is 7. The molecular weight excluding hydrogens is 232 g/mol. The first-order valence-electron chi connectivity index (χ1n) is 7.52. The van der Waals surface area contributed by atoms with E-state index in [0.29, 0.717) is 11.5 Å². The molecule has 0 aromatic heterocycles. The van der Waals surface area contributed by atoms with E-state index in [-0.39, 0.29) is 0 Å². The molecule has 0 fully saturated rings. The van der Waals surface area contributed by atoms with Crippen LogP contribution in [0.4, 0.5) is 5.69 Å². The molecule has 0 heterocycles. The molecule has 0 aliphatic heterocycles. The minimum atomic E-state index is 0.312. The SMILES string of the molecule is CCNC(CCN(CC)c1ccccc1)C(C)(C)C. The van der Waals surface area contributed by atoms with Crippen LogP contribution in [0.15, 0.2) is 30.3 Å². The van der Waals surface area contributed by atoms with Crippen LogP contribution in [-0.2, 0) is 0 Å². The Morgan fingerprint density at radius 3 is 2.21 bits per heavy atom. The van der Waals surface area contributed by atoms with E-state index in [1.165, 1.54) is 12.1 Å². The van der Waals surface area contributed by atoms with Crippen molar-refractivity contribution in [1.29, 1.82) is 0 Å². The van der Waals surface area contributed by atoms with Crippen molar-refractivity contribution in [3.05, 3.63) is 30.3 Å². The molecule has 1 aromatic rings. The van der Waals surface area contributed by atoms with Gasteiger partial charge in [-0.2, -0.15) is 0 Å². The molecular formula is C17H30N2. The number of para-hydroxylation sites is 1. The molecule has 2 nitrogen and oxygen atoms in total. The van der Waals surface area contributed by atoms with Gasteiger partial charge in [0.2, 0.25) is 0 Å². The minimum absolute atomic E-state index is 0.312. The number of hydrogen-bond donors (Lipinski definition) is 1. The van der Waals surface area contributed by atoms with Gasteiger partial charge in [0.05, 0.1) is 0 Å². The standard InChI is InChI=1S/C17H30N2/c1-6-18-16(17(3,4)5)13-14-19(7-2)15-11-9-8-10-12-15/h8-12,16,18H,6-7,13-14H2,1-5H3. The van der Waals surface area contributed by atoms with Crippen molar-refractivity contribution in [2.24, 2.45) is 5.41 Å². The fraction of sp³-hybridized carbons (Fsp3) is 0.647. The van der Waals surface area contributed by atoms with Gasteiger partial charge in [-0.1, -0.05) is 45.9 Å². The second kappa shape index (κ2) is 7.54. The number of nitrogens with zero attached hydrogens (tertiary/aromatic N) is 1. The molecule has 2 heteroatoms. The summed E-state index contributed by atoms with van der Waals surface area (Å²) in [6.07, 6.45) is 1.18. The van der Waals surface area contributed by atoms with Gasteiger partial charge in [0.15, 0.2) is 0 Å². The van der Waals surface area contributed by atoms with Gasteiger partial charge >= 0.3 is 0 Å². The quantitative estimate of drug-likeness (QED) is 0.801. The van der Waals surface area contributed by atoms with Gasteiger partial charge in [-0.3, -0.25) is 0 Å². The molecule has 1 atom stereocenters. The second-order valence-electron chi connectivity index (χ2n) is 6.18. The van der Waals surface area contributed by atoms with Crippen molar-refractivity contribution in [3.8, 4) is 0 Å². The zero-order valence-corrected chi connectivity index (χ0v) is 13.2. The summed E-state index contributed by atoms with van der Waals surface area (Å²) in [5, 5.41) is 3.63. The van der Waals surface area contributed by atoms with Crippen LogP contribution in [-0.4, -0.2) is 25.7 Å². The number of hydrogen-bond acceptors (Lipinski definition) is 2. The Kier molecular flexibility index (Phi) is 6.36. The molecule has 1 N–H and O–H groups in total. The highest BCUT2D eigenvalue weighted by Gasteiger charge is 2.23. The van der Waals surface area contributed by atoms with Crippen LogP contribution >= 0.6 is 0 Å². The van der Waals surface area contributed by atoms with E-state index in [1.54, 1.807) is 0 Å². The Labute approximate surface area is 119 Å². The molecule has 108 valence electrons. The van der Waals surface area contributed by atoms with Crippen molar-refractivity contribution in [3.63, 3.8) is 0 Å². The van der Waals surface area contributed by atoms with Gasteiger partial charge < -0.3 is 10.2 Å². The lowest BCUT2D eigenvalue weighted by atomic mass is 9.84. The van der Waals surface area contributed by atoms with Crippen LogP contribution < -0.4 is 10.2 Å². The third-order valence-corrected chi connectivity index (χ3v) is 3.69. The third-order valence-electron chi connectivity index (χ3n) is 3.69. The van der Waals surface area contributed by atoms with Gasteiger partial charge in [-0.25, -0.2) is 0 Å². The smallest absolute Gasteiger partial charge is 0.0366 e. The van der Waals surface area contributed by atoms with Crippen molar-refractivity contribution >= 4 is 5.69 Å². The topological polar surface area (TPSA) is 15.3 Å². The molecule has 0 saturated carbocycles. The number of anilines is 1. The summed E-state index contributed by atoms with van der Waals surface area (Å²) in [5.74, 6) is 0. The minimum Gasteiger partial charge on any atom is -0.372 e. The van der Waals surface area contributed by atoms with Crippen molar-refractivity contribution in [1.82, 2.24) is 5.32 Å². The number of benzene rings is 1. The van der Waals surface area contributed by atoms with E-state index in [1.807, 2.05) is 0 Å². The zero-order chi connectivity index (χ0) is 14.3. The summed E-state index contributed by atoms with van der Waals surface area (Å²) in [6, 6.07) is 11.3. The fourth-order valence-electron chi connectivity index (χ4n) is 2.48. The van der Waals surface area contributed by atoms with E-state index in [2.05, 4.69) is 75.2 Å². The first-order valence-corrected chi connectivity index (χ1v) is 7.52. The Hall–Kier alpha value is -1.02. The molecule has 1 aromatic carbocycles. The third kappa shape index (κ3) is 5.23. The van der Waals surface area contributed by atoms with Crippen molar-refractivity contribution in [2.45, 2.75) is 47.1 Å². The van der Waals surface area contributed by atoms with Gasteiger partial charge in [-0.15, -0.1) is 0 Å². The van der Waals surface area contributed by atoms with Gasteiger partial charge in [0.1, 0.15) is 0 Å². The number of nitrogens with one attached hydrogen (secondary N) is 1. The summed E-state index contributed by atoms with van der Waals surface area (Å²) in [4.78, 5) is 2.45. The first-order chi connectivity index (χ1) is 8.99. The molecule has 0 saturated heterocycles. The van der Waals surface area contributed by atoms with Crippen LogP contribution in [0.3, 0.4) is 0 Å². The normalized spacial score (nSPS) is 13.3. The maximum Gasteiger partial charge on any atom is 0.0366 e.